The lowest BCUT2D eigenvalue weighted by molar-refractivity contribution is -0.142. The number of esters is 3. The van der Waals surface area contributed by atoms with Crippen LogP contribution in [0.15, 0.2) is 28.4 Å². The van der Waals surface area contributed by atoms with E-state index in [-0.39, 0.29) is 47.2 Å². The Labute approximate surface area is 220 Å². The normalized spacial score (nSPS) is 10.7. The molecule has 0 fully saturated rings. The van der Waals surface area contributed by atoms with Crippen molar-refractivity contribution in [3.05, 3.63) is 39.8 Å². The highest BCUT2D eigenvalue weighted by atomic mass is 32.1. The van der Waals surface area contributed by atoms with E-state index in [2.05, 4.69) is 21.2 Å². The highest BCUT2D eigenvalue weighted by molar-refractivity contribution is 7.18. The molecule has 0 saturated carbocycles. The quantitative estimate of drug-likeness (QED) is 0.185. The maximum absolute atomic E-state index is 12.9. The summed E-state index contributed by atoms with van der Waals surface area (Å²) in [6.07, 6.45) is 0.103. The number of thiophene rings is 1. The minimum atomic E-state index is -0.717. The summed E-state index contributed by atoms with van der Waals surface area (Å²) in [7, 11) is 0. The molecule has 1 heterocycles. The third-order valence-electron chi connectivity index (χ3n) is 5.22. The lowest BCUT2D eigenvalue weighted by Gasteiger charge is -2.22. The van der Waals surface area contributed by atoms with Gasteiger partial charge in [-0.3, -0.25) is 4.79 Å². The Kier molecular flexibility index (Phi) is 11.7. The molecule has 2 rings (SSSR count). The molecule has 0 aliphatic carbocycles. The van der Waals surface area contributed by atoms with Gasteiger partial charge in [-0.25, -0.2) is 9.59 Å². The van der Waals surface area contributed by atoms with Crippen molar-refractivity contribution >= 4 is 45.6 Å². The first-order valence-electron chi connectivity index (χ1n) is 12.1. The molecule has 0 aliphatic rings. The summed E-state index contributed by atoms with van der Waals surface area (Å²) in [5.41, 5.74) is 2.50. The van der Waals surface area contributed by atoms with Crippen LogP contribution >= 0.6 is 11.3 Å². The predicted molar refractivity (Wildman–Crippen MR) is 140 cm³/mol. The van der Waals surface area contributed by atoms with Crippen LogP contribution in [0.2, 0.25) is 0 Å². The van der Waals surface area contributed by atoms with Crippen LogP contribution in [0, 0.1) is 18.3 Å². The van der Waals surface area contributed by atoms with E-state index in [0.717, 1.165) is 29.1 Å². The fourth-order valence-electron chi connectivity index (χ4n) is 3.53. The van der Waals surface area contributed by atoms with Crippen LogP contribution < -0.4 is 4.90 Å². The van der Waals surface area contributed by atoms with E-state index in [4.69, 9.17) is 19.5 Å². The smallest absolute Gasteiger partial charge is 0.348 e. The molecule has 0 unspecified atom stereocenters. The van der Waals surface area contributed by atoms with Crippen LogP contribution in [0.1, 0.15) is 65.3 Å². The number of ether oxygens (including phenoxy) is 3. The molecule has 1 aromatic heterocycles. The van der Waals surface area contributed by atoms with Gasteiger partial charge in [-0.05, 0) is 58.4 Å². The zero-order valence-electron chi connectivity index (χ0n) is 21.8. The number of nitriles is 1. The predicted octanol–water partition coefficient (Wildman–Crippen LogP) is 5.67. The van der Waals surface area contributed by atoms with E-state index in [0.29, 0.717) is 18.7 Å². The first-order chi connectivity index (χ1) is 17.8. The zero-order chi connectivity index (χ0) is 27.4. The van der Waals surface area contributed by atoms with E-state index in [1.165, 1.54) is 0 Å². The van der Waals surface area contributed by atoms with Gasteiger partial charge in [-0.15, -0.1) is 21.6 Å². The van der Waals surface area contributed by atoms with Crippen LogP contribution in [0.3, 0.4) is 0 Å². The maximum atomic E-state index is 12.9. The van der Waals surface area contributed by atoms with Gasteiger partial charge in [-0.1, -0.05) is 0 Å². The Hall–Kier alpha value is -3.78. The first-order valence-corrected chi connectivity index (χ1v) is 12.9. The van der Waals surface area contributed by atoms with Crippen molar-refractivity contribution in [3.63, 3.8) is 0 Å². The summed E-state index contributed by atoms with van der Waals surface area (Å²) in [5.74, 6) is -1.98. The van der Waals surface area contributed by atoms with Gasteiger partial charge in [0.25, 0.3) is 0 Å². The number of aryl methyl sites for hydroxylation is 1. The summed E-state index contributed by atoms with van der Waals surface area (Å²) in [6, 6.07) is 7.79. The molecule has 0 atom stereocenters. The molecule has 0 N–H and O–H groups in total. The Balaban J connectivity index is 2.54. The highest BCUT2D eigenvalue weighted by Crippen LogP contribution is 2.39. The number of anilines is 1. The number of hydrogen-bond donors (Lipinski definition) is 0. The highest BCUT2D eigenvalue weighted by Gasteiger charge is 2.30. The van der Waals surface area contributed by atoms with E-state index in [1.54, 1.807) is 26.8 Å². The largest absolute Gasteiger partial charge is 0.466 e. The van der Waals surface area contributed by atoms with Crippen LogP contribution in [-0.4, -0.2) is 50.8 Å². The molecule has 0 aliphatic heterocycles. The van der Waals surface area contributed by atoms with Crippen molar-refractivity contribution in [2.75, 3.05) is 37.8 Å². The third-order valence-corrected chi connectivity index (χ3v) is 6.32. The number of nitrogens with zero attached hydrogens (tertiary/aromatic N) is 4. The number of carbonyl (C=O) groups is 3. The SMILES string of the molecule is CCOC(=O)Cc1c(C(=O)OCC)sc(N=Nc2ccc(N(CC)CCC#N)cc2C)c1C(=O)OCC. The van der Waals surface area contributed by atoms with Gasteiger partial charge >= 0.3 is 17.9 Å². The molecule has 0 saturated heterocycles. The van der Waals surface area contributed by atoms with Crippen molar-refractivity contribution < 1.29 is 28.6 Å². The summed E-state index contributed by atoms with van der Waals surface area (Å²) in [5, 5.41) is 17.7. The molecule has 1 aromatic carbocycles. The lowest BCUT2D eigenvalue weighted by atomic mass is 10.1. The van der Waals surface area contributed by atoms with Crippen LogP contribution in [0.4, 0.5) is 16.4 Å². The van der Waals surface area contributed by atoms with Crippen molar-refractivity contribution in [2.45, 2.75) is 47.5 Å². The molecule has 198 valence electrons. The zero-order valence-corrected chi connectivity index (χ0v) is 22.6. The van der Waals surface area contributed by atoms with Gasteiger partial charge in [0.2, 0.25) is 0 Å². The van der Waals surface area contributed by atoms with Gasteiger partial charge in [-0.2, -0.15) is 5.26 Å². The topological polar surface area (TPSA) is 131 Å². The molecular formula is C26H32N4O6S. The fourth-order valence-corrected chi connectivity index (χ4v) is 4.55. The Morgan fingerprint density at radius 3 is 2.27 bits per heavy atom. The molecule has 37 heavy (non-hydrogen) atoms. The Bertz CT molecular complexity index is 1180. The summed E-state index contributed by atoms with van der Waals surface area (Å²) >= 11 is 0.912. The number of benzene rings is 1. The fraction of sp³-hybridized carbons (Fsp3) is 0.462. The van der Waals surface area contributed by atoms with Crippen LogP contribution in [0.5, 0.6) is 0 Å². The molecular weight excluding hydrogens is 496 g/mol. The first kappa shape index (κ1) is 29.5. The van der Waals surface area contributed by atoms with Gasteiger partial charge < -0.3 is 19.1 Å². The third kappa shape index (κ3) is 7.85. The number of rotatable bonds is 13. The average molecular weight is 529 g/mol. The lowest BCUT2D eigenvalue weighted by Crippen LogP contribution is -2.23. The second-order valence-electron chi connectivity index (χ2n) is 7.67. The minimum Gasteiger partial charge on any atom is -0.466 e. The molecule has 11 heteroatoms. The van der Waals surface area contributed by atoms with Crippen molar-refractivity contribution in [2.24, 2.45) is 10.2 Å². The summed E-state index contributed by atoms with van der Waals surface area (Å²) in [4.78, 5) is 40.0. The van der Waals surface area contributed by atoms with E-state index >= 15 is 0 Å². The summed E-state index contributed by atoms with van der Waals surface area (Å²) in [6.45, 7) is 10.6. The standard InChI is InChI=1S/C26H32N4O6S/c1-6-30(14-10-13-27)18-11-12-20(17(5)15-18)28-29-24-22(25(32)35-8-3)19(16-21(31)34-7-2)23(37-24)26(33)36-9-4/h11-12,15H,6-10,14,16H2,1-5H3. The maximum Gasteiger partial charge on any atom is 0.348 e. The molecule has 2 aromatic rings. The van der Waals surface area contributed by atoms with Gasteiger partial charge in [0.15, 0.2) is 5.00 Å². The second-order valence-corrected chi connectivity index (χ2v) is 8.67. The number of carbonyl (C=O) groups excluding carboxylic acids is 3. The van der Waals surface area contributed by atoms with Gasteiger partial charge in [0.05, 0.1) is 44.4 Å². The average Bonchev–Trinajstić information content (AvgIpc) is 3.22. The second kappa shape index (κ2) is 14.7. The Morgan fingerprint density at radius 1 is 1.00 bits per heavy atom. The van der Waals surface area contributed by atoms with Crippen molar-refractivity contribution in [1.29, 1.82) is 5.26 Å². The van der Waals surface area contributed by atoms with Gasteiger partial charge in [0, 0.05) is 24.3 Å². The van der Waals surface area contributed by atoms with Crippen molar-refractivity contribution in [3.8, 4) is 6.07 Å². The van der Waals surface area contributed by atoms with Crippen molar-refractivity contribution in [1.82, 2.24) is 0 Å². The molecule has 0 amide bonds. The van der Waals surface area contributed by atoms with Crippen LogP contribution in [-0.2, 0) is 25.4 Å². The number of azo groups is 1. The van der Waals surface area contributed by atoms with Crippen LogP contribution in [0.25, 0.3) is 0 Å². The summed E-state index contributed by atoms with van der Waals surface area (Å²) < 4.78 is 15.4. The minimum absolute atomic E-state index is 0.00496. The molecule has 0 bridgehead atoms. The number of hydrogen-bond acceptors (Lipinski definition) is 11. The Morgan fingerprint density at radius 2 is 1.68 bits per heavy atom. The van der Waals surface area contributed by atoms with E-state index in [9.17, 15) is 14.4 Å². The van der Waals surface area contributed by atoms with E-state index < -0.39 is 17.9 Å². The molecule has 10 nitrogen and oxygen atoms in total. The molecule has 0 spiro atoms. The molecule has 0 radical (unpaired) electrons. The monoisotopic (exact) mass is 528 g/mol. The van der Waals surface area contributed by atoms with Gasteiger partial charge in [0.1, 0.15) is 10.4 Å². The van der Waals surface area contributed by atoms with E-state index in [1.807, 2.05) is 26.0 Å².